The molecule has 72 valence electrons. The van der Waals surface area contributed by atoms with Crippen LogP contribution in [-0.4, -0.2) is 18.1 Å². The van der Waals surface area contributed by atoms with Crippen LogP contribution in [-0.2, 0) is 6.42 Å². The fourth-order valence-corrected chi connectivity index (χ4v) is 1.43. The van der Waals surface area contributed by atoms with Crippen molar-refractivity contribution in [3.8, 4) is 0 Å². The van der Waals surface area contributed by atoms with Crippen molar-refractivity contribution in [3.63, 3.8) is 0 Å². The molecule has 2 rings (SSSR count). The van der Waals surface area contributed by atoms with Gasteiger partial charge in [0.05, 0.1) is 6.20 Å². The monoisotopic (exact) mass is 180 g/mol. The second-order valence-corrected chi connectivity index (χ2v) is 4.04. The fourth-order valence-electron chi connectivity index (χ4n) is 1.43. The molecule has 1 aromatic rings. The summed E-state index contributed by atoms with van der Waals surface area (Å²) in [7, 11) is 0. The number of rotatable bonds is 3. The number of hydrogen-bond acceptors (Lipinski definition) is 3. The Morgan fingerprint density at radius 3 is 2.85 bits per heavy atom. The molecule has 0 bridgehead atoms. The van der Waals surface area contributed by atoms with Gasteiger partial charge in [0.1, 0.15) is 5.76 Å². The topological polar surface area (TPSA) is 38.1 Å². The lowest BCUT2D eigenvalue weighted by molar-refractivity contribution is 0.312. The van der Waals surface area contributed by atoms with E-state index in [1.165, 1.54) is 0 Å². The highest BCUT2D eigenvalue weighted by molar-refractivity contribution is 5.00. The van der Waals surface area contributed by atoms with Gasteiger partial charge in [0.25, 0.3) is 0 Å². The van der Waals surface area contributed by atoms with E-state index in [9.17, 15) is 0 Å². The molecule has 0 aliphatic carbocycles. The Bertz CT molecular complexity index is 276. The molecule has 1 aliphatic heterocycles. The molecule has 1 N–H and O–H groups in total. The number of aromatic nitrogens is 1. The molecular weight excluding hydrogens is 164 g/mol. The molecule has 1 saturated heterocycles. The van der Waals surface area contributed by atoms with E-state index < -0.39 is 0 Å². The zero-order valence-corrected chi connectivity index (χ0v) is 8.21. The predicted molar refractivity (Wildman–Crippen MR) is 50.7 cm³/mol. The van der Waals surface area contributed by atoms with Gasteiger partial charge in [0, 0.05) is 12.3 Å². The molecule has 1 fully saturated rings. The van der Waals surface area contributed by atoms with Crippen molar-refractivity contribution in [1.82, 2.24) is 10.3 Å². The van der Waals surface area contributed by atoms with Crippen molar-refractivity contribution in [1.29, 1.82) is 0 Å². The molecule has 0 aromatic carbocycles. The average molecular weight is 180 g/mol. The molecular formula is C10H16N2O. The number of hydrogen-bond donors (Lipinski definition) is 1. The maximum absolute atomic E-state index is 5.61. The maximum atomic E-state index is 5.61. The highest BCUT2D eigenvalue weighted by Gasteiger charge is 2.19. The number of nitrogens with zero attached hydrogens (tertiary/aromatic N) is 1. The highest BCUT2D eigenvalue weighted by Crippen LogP contribution is 2.18. The second kappa shape index (κ2) is 3.50. The zero-order chi connectivity index (χ0) is 9.26. The van der Waals surface area contributed by atoms with Gasteiger partial charge in [-0.05, 0) is 19.0 Å². The Labute approximate surface area is 78.5 Å². The van der Waals surface area contributed by atoms with Crippen LogP contribution in [0, 0.1) is 5.92 Å². The Balaban J connectivity index is 1.96. The summed E-state index contributed by atoms with van der Waals surface area (Å²) < 4.78 is 5.61. The molecule has 0 atom stereocenters. The largest absolute Gasteiger partial charge is 0.445 e. The lowest BCUT2D eigenvalue weighted by Crippen LogP contribution is -2.43. The van der Waals surface area contributed by atoms with Crippen LogP contribution < -0.4 is 5.32 Å². The van der Waals surface area contributed by atoms with Gasteiger partial charge in [-0.15, -0.1) is 0 Å². The third-order valence-corrected chi connectivity index (χ3v) is 2.47. The molecule has 1 aromatic heterocycles. The summed E-state index contributed by atoms with van der Waals surface area (Å²) in [5.41, 5.74) is 0. The van der Waals surface area contributed by atoms with Crippen molar-refractivity contribution in [2.45, 2.75) is 26.2 Å². The standard InChI is InChI=1S/C10H16N2O/c1-7(2)9-6-12-10(13-9)3-8-4-11-5-8/h6-8,11H,3-5H2,1-2H3. The maximum Gasteiger partial charge on any atom is 0.194 e. The van der Waals surface area contributed by atoms with Crippen LogP contribution in [0.1, 0.15) is 31.4 Å². The predicted octanol–water partition coefficient (Wildman–Crippen LogP) is 1.56. The third-order valence-electron chi connectivity index (χ3n) is 2.47. The van der Waals surface area contributed by atoms with Crippen LogP contribution in [0.5, 0.6) is 0 Å². The van der Waals surface area contributed by atoms with E-state index >= 15 is 0 Å². The summed E-state index contributed by atoms with van der Waals surface area (Å²) in [6.07, 6.45) is 2.84. The summed E-state index contributed by atoms with van der Waals surface area (Å²) in [4.78, 5) is 4.26. The summed E-state index contributed by atoms with van der Waals surface area (Å²) >= 11 is 0. The Hall–Kier alpha value is -0.830. The van der Waals surface area contributed by atoms with E-state index in [-0.39, 0.29) is 0 Å². The first-order valence-corrected chi connectivity index (χ1v) is 4.91. The Morgan fingerprint density at radius 2 is 2.38 bits per heavy atom. The van der Waals surface area contributed by atoms with E-state index in [0.717, 1.165) is 37.1 Å². The molecule has 0 spiro atoms. The summed E-state index contributed by atoms with van der Waals surface area (Å²) in [5, 5.41) is 3.24. The minimum atomic E-state index is 0.445. The quantitative estimate of drug-likeness (QED) is 0.767. The van der Waals surface area contributed by atoms with Crippen LogP contribution in [0.4, 0.5) is 0 Å². The summed E-state index contributed by atoms with van der Waals surface area (Å²) in [6.45, 7) is 6.46. The number of nitrogens with one attached hydrogen (secondary N) is 1. The van der Waals surface area contributed by atoms with Crippen LogP contribution in [0.3, 0.4) is 0 Å². The van der Waals surface area contributed by atoms with Gasteiger partial charge in [-0.25, -0.2) is 4.98 Å². The zero-order valence-electron chi connectivity index (χ0n) is 8.21. The lowest BCUT2D eigenvalue weighted by Gasteiger charge is -2.25. The van der Waals surface area contributed by atoms with Crippen LogP contribution in [0.2, 0.25) is 0 Å². The molecule has 0 amide bonds. The van der Waals surface area contributed by atoms with E-state index in [1.54, 1.807) is 0 Å². The molecule has 0 radical (unpaired) electrons. The van der Waals surface area contributed by atoms with Gasteiger partial charge >= 0.3 is 0 Å². The highest BCUT2D eigenvalue weighted by atomic mass is 16.4. The van der Waals surface area contributed by atoms with Crippen molar-refractivity contribution in [3.05, 3.63) is 17.8 Å². The van der Waals surface area contributed by atoms with Crippen LogP contribution in [0.25, 0.3) is 0 Å². The lowest BCUT2D eigenvalue weighted by atomic mass is 10.00. The van der Waals surface area contributed by atoms with Gasteiger partial charge in [0.15, 0.2) is 5.89 Å². The van der Waals surface area contributed by atoms with Gasteiger partial charge in [0.2, 0.25) is 0 Å². The Kier molecular flexibility index (Phi) is 2.36. The first kappa shape index (κ1) is 8.75. The summed E-state index contributed by atoms with van der Waals surface area (Å²) in [5.74, 6) is 3.08. The van der Waals surface area contributed by atoms with E-state index in [2.05, 4.69) is 24.1 Å². The molecule has 1 aliphatic rings. The molecule has 3 heteroatoms. The van der Waals surface area contributed by atoms with Crippen molar-refractivity contribution in [2.24, 2.45) is 5.92 Å². The number of oxazole rings is 1. The molecule has 0 unspecified atom stereocenters. The van der Waals surface area contributed by atoms with Crippen LogP contribution >= 0.6 is 0 Å². The van der Waals surface area contributed by atoms with Gasteiger partial charge < -0.3 is 9.73 Å². The normalized spacial score (nSPS) is 17.8. The summed E-state index contributed by atoms with van der Waals surface area (Å²) in [6, 6.07) is 0. The molecule has 0 saturated carbocycles. The minimum Gasteiger partial charge on any atom is -0.445 e. The fraction of sp³-hybridized carbons (Fsp3) is 0.700. The van der Waals surface area contributed by atoms with Gasteiger partial charge in [-0.1, -0.05) is 13.8 Å². The smallest absolute Gasteiger partial charge is 0.194 e. The first-order chi connectivity index (χ1) is 6.25. The molecule has 2 heterocycles. The van der Waals surface area contributed by atoms with E-state index in [4.69, 9.17) is 4.42 Å². The van der Waals surface area contributed by atoms with E-state index in [0.29, 0.717) is 5.92 Å². The second-order valence-electron chi connectivity index (χ2n) is 4.04. The van der Waals surface area contributed by atoms with Crippen molar-refractivity contribution >= 4 is 0 Å². The van der Waals surface area contributed by atoms with Crippen molar-refractivity contribution in [2.75, 3.05) is 13.1 Å². The van der Waals surface area contributed by atoms with Gasteiger partial charge in [-0.2, -0.15) is 0 Å². The first-order valence-electron chi connectivity index (χ1n) is 4.91. The SMILES string of the molecule is CC(C)c1cnc(CC2CNC2)o1. The molecule has 3 nitrogen and oxygen atoms in total. The minimum absolute atomic E-state index is 0.445. The van der Waals surface area contributed by atoms with Crippen molar-refractivity contribution < 1.29 is 4.42 Å². The Morgan fingerprint density at radius 1 is 1.62 bits per heavy atom. The van der Waals surface area contributed by atoms with E-state index in [1.807, 2.05) is 6.20 Å². The van der Waals surface area contributed by atoms with Crippen LogP contribution in [0.15, 0.2) is 10.6 Å². The van der Waals surface area contributed by atoms with Gasteiger partial charge in [-0.3, -0.25) is 0 Å². The average Bonchev–Trinajstić information content (AvgIpc) is 2.44. The molecule has 13 heavy (non-hydrogen) atoms. The third kappa shape index (κ3) is 1.91.